The van der Waals surface area contributed by atoms with Gasteiger partial charge in [0.2, 0.25) is 5.95 Å². The molecule has 2 aromatic rings. The molecular formula is C16H18FN3. The number of piperidine rings is 1. The monoisotopic (exact) mass is 271 g/mol. The van der Waals surface area contributed by atoms with E-state index in [0.717, 1.165) is 38.0 Å². The van der Waals surface area contributed by atoms with Gasteiger partial charge in [-0.2, -0.15) is 4.39 Å². The fraction of sp³-hybridized carbons (Fsp3) is 0.375. The van der Waals surface area contributed by atoms with E-state index in [1.165, 1.54) is 11.6 Å². The first-order chi connectivity index (χ1) is 9.81. The van der Waals surface area contributed by atoms with E-state index in [-0.39, 0.29) is 0 Å². The molecule has 0 aliphatic carbocycles. The Bertz CT molecular complexity index is 533. The zero-order chi connectivity index (χ0) is 13.8. The molecule has 1 fully saturated rings. The van der Waals surface area contributed by atoms with E-state index < -0.39 is 5.95 Å². The number of hydrogen-bond acceptors (Lipinski definition) is 3. The van der Waals surface area contributed by atoms with Crippen LogP contribution >= 0.6 is 0 Å². The molecule has 4 heteroatoms. The summed E-state index contributed by atoms with van der Waals surface area (Å²) >= 11 is 0. The number of pyridine rings is 2. The Labute approximate surface area is 118 Å². The summed E-state index contributed by atoms with van der Waals surface area (Å²) in [5.74, 6) is 0.107. The molecule has 1 aliphatic rings. The Morgan fingerprint density at radius 1 is 1.15 bits per heavy atom. The Balaban J connectivity index is 1.55. The molecule has 0 saturated carbocycles. The third-order valence-corrected chi connectivity index (χ3v) is 3.94. The van der Waals surface area contributed by atoms with Crippen LogP contribution in [0.2, 0.25) is 0 Å². The molecule has 0 spiro atoms. The summed E-state index contributed by atoms with van der Waals surface area (Å²) in [4.78, 5) is 10.4. The van der Waals surface area contributed by atoms with Gasteiger partial charge in [-0.1, -0.05) is 12.1 Å². The lowest BCUT2D eigenvalue weighted by molar-refractivity contribution is 0.204. The van der Waals surface area contributed by atoms with Gasteiger partial charge in [0.15, 0.2) is 0 Å². The van der Waals surface area contributed by atoms with Crippen LogP contribution in [0, 0.1) is 5.95 Å². The summed E-state index contributed by atoms with van der Waals surface area (Å²) in [5, 5.41) is 0. The van der Waals surface area contributed by atoms with Crippen molar-refractivity contribution >= 4 is 0 Å². The summed E-state index contributed by atoms with van der Waals surface area (Å²) in [6.07, 6.45) is 7.62. The molecule has 0 atom stereocenters. The number of nitrogens with zero attached hydrogens (tertiary/aromatic N) is 3. The standard InChI is InChI=1S/C16H18FN3/c17-16-4-3-15(11-19-16)14-5-8-20(9-6-14)12-13-2-1-7-18-10-13/h1-4,7,10-11,14H,5-6,8-9,12H2. The second-order valence-electron chi connectivity index (χ2n) is 5.33. The molecule has 3 rings (SSSR count). The quantitative estimate of drug-likeness (QED) is 0.804. The first-order valence-corrected chi connectivity index (χ1v) is 7.04. The van der Waals surface area contributed by atoms with Crippen molar-refractivity contribution in [3.8, 4) is 0 Å². The maximum Gasteiger partial charge on any atom is 0.212 e. The SMILES string of the molecule is Fc1ccc(C2CCN(Cc3cccnc3)CC2)cn1. The fourth-order valence-corrected chi connectivity index (χ4v) is 2.80. The van der Waals surface area contributed by atoms with Crippen LogP contribution in [0.3, 0.4) is 0 Å². The molecule has 0 bridgehead atoms. The highest BCUT2D eigenvalue weighted by atomic mass is 19.1. The normalized spacial score (nSPS) is 17.2. The zero-order valence-electron chi connectivity index (χ0n) is 11.4. The summed E-state index contributed by atoms with van der Waals surface area (Å²) in [7, 11) is 0. The van der Waals surface area contributed by atoms with E-state index in [2.05, 4.69) is 20.9 Å². The van der Waals surface area contributed by atoms with E-state index in [0.29, 0.717) is 5.92 Å². The van der Waals surface area contributed by atoms with Crippen LogP contribution in [-0.2, 0) is 6.54 Å². The third-order valence-electron chi connectivity index (χ3n) is 3.94. The Hall–Kier alpha value is -1.81. The zero-order valence-corrected chi connectivity index (χ0v) is 11.4. The van der Waals surface area contributed by atoms with Crippen LogP contribution in [0.15, 0.2) is 42.9 Å². The van der Waals surface area contributed by atoms with Crippen molar-refractivity contribution in [2.45, 2.75) is 25.3 Å². The van der Waals surface area contributed by atoms with Crippen molar-refractivity contribution in [2.75, 3.05) is 13.1 Å². The average molecular weight is 271 g/mol. The molecular weight excluding hydrogens is 253 g/mol. The molecule has 0 unspecified atom stereocenters. The van der Waals surface area contributed by atoms with Gasteiger partial charge < -0.3 is 0 Å². The highest BCUT2D eigenvalue weighted by molar-refractivity contribution is 5.16. The molecule has 2 aromatic heterocycles. The molecule has 1 saturated heterocycles. The van der Waals surface area contributed by atoms with Crippen molar-refractivity contribution in [3.05, 3.63) is 59.9 Å². The van der Waals surface area contributed by atoms with Crippen LogP contribution in [0.4, 0.5) is 4.39 Å². The number of rotatable bonds is 3. The van der Waals surface area contributed by atoms with E-state index in [4.69, 9.17) is 0 Å². The van der Waals surface area contributed by atoms with E-state index in [1.54, 1.807) is 12.4 Å². The minimum atomic E-state index is -0.400. The number of halogens is 1. The first-order valence-electron chi connectivity index (χ1n) is 7.04. The summed E-state index contributed by atoms with van der Waals surface area (Å²) < 4.78 is 12.8. The predicted molar refractivity (Wildman–Crippen MR) is 75.7 cm³/mol. The molecule has 0 radical (unpaired) electrons. The van der Waals surface area contributed by atoms with Gasteiger partial charge in [-0.25, -0.2) is 4.98 Å². The van der Waals surface area contributed by atoms with Crippen molar-refractivity contribution in [1.82, 2.24) is 14.9 Å². The van der Waals surface area contributed by atoms with Crippen molar-refractivity contribution in [3.63, 3.8) is 0 Å². The maximum absolute atomic E-state index is 12.8. The minimum Gasteiger partial charge on any atom is -0.299 e. The number of likely N-dealkylation sites (tertiary alicyclic amines) is 1. The molecule has 0 N–H and O–H groups in total. The smallest absolute Gasteiger partial charge is 0.212 e. The maximum atomic E-state index is 12.8. The van der Waals surface area contributed by atoms with Gasteiger partial charge >= 0.3 is 0 Å². The van der Waals surface area contributed by atoms with Gasteiger partial charge in [0, 0.05) is 25.1 Å². The second kappa shape index (κ2) is 6.09. The Kier molecular flexibility index (Phi) is 4.02. The molecule has 3 heterocycles. The molecule has 0 aromatic carbocycles. The van der Waals surface area contributed by atoms with Gasteiger partial charge in [-0.3, -0.25) is 9.88 Å². The highest BCUT2D eigenvalue weighted by Crippen LogP contribution is 2.28. The lowest BCUT2D eigenvalue weighted by atomic mass is 9.90. The van der Waals surface area contributed by atoms with Gasteiger partial charge in [-0.15, -0.1) is 0 Å². The van der Waals surface area contributed by atoms with Gasteiger partial charge in [0.25, 0.3) is 0 Å². The molecule has 20 heavy (non-hydrogen) atoms. The van der Waals surface area contributed by atoms with Gasteiger partial charge in [-0.05, 0) is 55.1 Å². The number of aromatic nitrogens is 2. The average Bonchev–Trinajstić information content (AvgIpc) is 2.50. The first kappa shape index (κ1) is 13.2. The molecule has 104 valence electrons. The Morgan fingerprint density at radius 2 is 2.00 bits per heavy atom. The molecule has 1 aliphatic heterocycles. The molecule has 3 nitrogen and oxygen atoms in total. The summed E-state index contributed by atoms with van der Waals surface area (Å²) in [6.45, 7) is 3.09. The van der Waals surface area contributed by atoms with E-state index in [1.807, 2.05) is 18.3 Å². The fourth-order valence-electron chi connectivity index (χ4n) is 2.80. The van der Waals surface area contributed by atoms with E-state index in [9.17, 15) is 4.39 Å². The Morgan fingerprint density at radius 3 is 2.65 bits per heavy atom. The van der Waals surface area contributed by atoms with Crippen molar-refractivity contribution in [1.29, 1.82) is 0 Å². The van der Waals surface area contributed by atoms with Gasteiger partial charge in [0.05, 0.1) is 0 Å². The van der Waals surface area contributed by atoms with Crippen LogP contribution in [-0.4, -0.2) is 28.0 Å². The lowest BCUT2D eigenvalue weighted by Gasteiger charge is -2.32. The van der Waals surface area contributed by atoms with Crippen LogP contribution < -0.4 is 0 Å². The largest absolute Gasteiger partial charge is 0.299 e. The lowest BCUT2D eigenvalue weighted by Crippen LogP contribution is -2.32. The third kappa shape index (κ3) is 3.20. The van der Waals surface area contributed by atoms with E-state index >= 15 is 0 Å². The van der Waals surface area contributed by atoms with Crippen molar-refractivity contribution < 1.29 is 4.39 Å². The highest BCUT2D eigenvalue weighted by Gasteiger charge is 2.20. The molecule has 0 amide bonds. The van der Waals surface area contributed by atoms with Gasteiger partial charge in [0.1, 0.15) is 0 Å². The van der Waals surface area contributed by atoms with Crippen LogP contribution in [0.25, 0.3) is 0 Å². The van der Waals surface area contributed by atoms with Crippen molar-refractivity contribution in [2.24, 2.45) is 0 Å². The topological polar surface area (TPSA) is 29.0 Å². The summed E-state index contributed by atoms with van der Waals surface area (Å²) in [5.41, 5.74) is 2.42. The summed E-state index contributed by atoms with van der Waals surface area (Å²) in [6, 6.07) is 7.41. The van der Waals surface area contributed by atoms with Crippen LogP contribution in [0.5, 0.6) is 0 Å². The second-order valence-corrected chi connectivity index (χ2v) is 5.33. The predicted octanol–water partition coefficient (Wildman–Crippen LogP) is 3.00. The minimum absolute atomic E-state index is 0.400. The van der Waals surface area contributed by atoms with Crippen LogP contribution in [0.1, 0.15) is 29.9 Å². The number of hydrogen-bond donors (Lipinski definition) is 0.